The highest BCUT2D eigenvalue weighted by molar-refractivity contribution is 8.06. The van der Waals surface area contributed by atoms with Crippen molar-refractivity contribution < 1.29 is 4.52 Å². The maximum absolute atomic E-state index is 5.97. The summed E-state index contributed by atoms with van der Waals surface area (Å²) in [6.07, 6.45) is 1.92. The SMILES string of the molecule is CCC[C@H](N)c1nc(C2SCCSC2C)no1. The molecule has 0 saturated carbocycles. The van der Waals surface area contributed by atoms with E-state index in [1.54, 1.807) is 0 Å². The second kappa shape index (κ2) is 6.11. The van der Waals surface area contributed by atoms with E-state index in [1.165, 1.54) is 5.75 Å². The van der Waals surface area contributed by atoms with Crippen LogP contribution in [0.4, 0.5) is 0 Å². The van der Waals surface area contributed by atoms with E-state index < -0.39 is 0 Å². The van der Waals surface area contributed by atoms with Gasteiger partial charge in [-0.25, -0.2) is 0 Å². The minimum Gasteiger partial charge on any atom is -0.338 e. The topological polar surface area (TPSA) is 64.9 Å². The quantitative estimate of drug-likeness (QED) is 0.910. The van der Waals surface area contributed by atoms with Crippen LogP contribution in [0.1, 0.15) is 49.7 Å². The van der Waals surface area contributed by atoms with Gasteiger partial charge in [-0.05, 0) is 6.42 Å². The van der Waals surface area contributed by atoms with Crippen LogP contribution in [-0.4, -0.2) is 26.9 Å². The van der Waals surface area contributed by atoms with Crippen LogP contribution < -0.4 is 5.73 Å². The fourth-order valence-corrected chi connectivity index (χ4v) is 4.54. The molecule has 0 spiro atoms. The van der Waals surface area contributed by atoms with Gasteiger partial charge in [0.15, 0.2) is 5.82 Å². The van der Waals surface area contributed by atoms with Crippen LogP contribution in [0.2, 0.25) is 0 Å². The van der Waals surface area contributed by atoms with Crippen LogP contribution in [0.3, 0.4) is 0 Å². The number of aromatic nitrogens is 2. The van der Waals surface area contributed by atoms with E-state index in [-0.39, 0.29) is 6.04 Å². The van der Waals surface area contributed by atoms with Crippen LogP contribution in [0, 0.1) is 0 Å². The van der Waals surface area contributed by atoms with Crippen LogP contribution in [0.15, 0.2) is 4.52 Å². The van der Waals surface area contributed by atoms with Gasteiger partial charge in [-0.1, -0.05) is 25.4 Å². The molecule has 0 aromatic carbocycles. The Hall–Kier alpha value is -0.200. The van der Waals surface area contributed by atoms with Crippen molar-refractivity contribution in [3.8, 4) is 0 Å². The Morgan fingerprint density at radius 2 is 2.24 bits per heavy atom. The van der Waals surface area contributed by atoms with Gasteiger partial charge in [0, 0.05) is 16.8 Å². The number of hydrogen-bond donors (Lipinski definition) is 1. The van der Waals surface area contributed by atoms with Gasteiger partial charge in [0.1, 0.15) is 0 Å². The molecule has 1 fully saturated rings. The summed E-state index contributed by atoms with van der Waals surface area (Å²) in [7, 11) is 0. The number of nitrogens with zero attached hydrogens (tertiary/aromatic N) is 2. The first-order valence-electron chi connectivity index (χ1n) is 6.04. The zero-order valence-corrected chi connectivity index (χ0v) is 11.9. The van der Waals surface area contributed by atoms with Gasteiger partial charge < -0.3 is 10.3 Å². The predicted molar refractivity (Wildman–Crippen MR) is 73.3 cm³/mol. The second-order valence-corrected chi connectivity index (χ2v) is 6.99. The average Bonchev–Trinajstić information content (AvgIpc) is 2.79. The molecular weight excluding hydrogens is 254 g/mol. The number of rotatable bonds is 4. The minimum atomic E-state index is -0.113. The van der Waals surface area contributed by atoms with Crippen molar-refractivity contribution in [3.63, 3.8) is 0 Å². The molecular formula is C11H19N3OS2. The van der Waals surface area contributed by atoms with E-state index in [0.717, 1.165) is 24.4 Å². The third kappa shape index (κ3) is 3.17. The first-order chi connectivity index (χ1) is 8.22. The van der Waals surface area contributed by atoms with Gasteiger partial charge in [0.05, 0.1) is 11.3 Å². The molecule has 2 N–H and O–H groups in total. The van der Waals surface area contributed by atoms with Gasteiger partial charge in [-0.3, -0.25) is 0 Å². The summed E-state index contributed by atoms with van der Waals surface area (Å²) >= 11 is 3.89. The van der Waals surface area contributed by atoms with Gasteiger partial charge in [0.25, 0.3) is 0 Å². The van der Waals surface area contributed by atoms with Gasteiger partial charge in [0.2, 0.25) is 5.89 Å². The molecule has 96 valence electrons. The highest BCUT2D eigenvalue weighted by Crippen LogP contribution is 2.41. The largest absolute Gasteiger partial charge is 0.338 e. The normalized spacial score (nSPS) is 27.0. The number of thioether (sulfide) groups is 2. The smallest absolute Gasteiger partial charge is 0.243 e. The molecule has 0 bridgehead atoms. The fraction of sp³-hybridized carbons (Fsp3) is 0.818. The van der Waals surface area contributed by atoms with E-state index in [4.69, 9.17) is 10.3 Å². The highest BCUT2D eigenvalue weighted by atomic mass is 32.2. The Labute approximate surface area is 110 Å². The van der Waals surface area contributed by atoms with E-state index in [9.17, 15) is 0 Å². The Kier molecular flexibility index (Phi) is 4.76. The molecule has 1 saturated heterocycles. The summed E-state index contributed by atoms with van der Waals surface area (Å²) in [4.78, 5) is 4.47. The van der Waals surface area contributed by atoms with Crippen LogP contribution in [0.5, 0.6) is 0 Å². The molecule has 17 heavy (non-hydrogen) atoms. The summed E-state index contributed by atoms with van der Waals surface area (Å²) in [6, 6.07) is -0.113. The first kappa shape index (κ1) is 13.2. The molecule has 2 rings (SSSR count). The zero-order chi connectivity index (χ0) is 12.3. The maximum atomic E-state index is 5.97. The van der Waals surface area contributed by atoms with Crippen LogP contribution in [0.25, 0.3) is 0 Å². The second-order valence-electron chi connectivity index (χ2n) is 4.25. The lowest BCUT2D eigenvalue weighted by Crippen LogP contribution is -2.17. The lowest BCUT2D eigenvalue weighted by Gasteiger charge is -2.24. The molecule has 6 heteroatoms. The molecule has 2 heterocycles. The lowest BCUT2D eigenvalue weighted by atomic mass is 10.2. The summed E-state index contributed by atoms with van der Waals surface area (Å²) in [6.45, 7) is 4.33. The Bertz CT molecular complexity index is 358. The minimum absolute atomic E-state index is 0.113. The fourth-order valence-electron chi connectivity index (χ4n) is 1.86. The Balaban J connectivity index is 2.06. The summed E-state index contributed by atoms with van der Waals surface area (Å²) in [5.74, 6) is 3.77. The van der Waals surface area contributed by atoms with E-state index >= 15 is 0 Å². The molecule has 1 aromatic heterocycles. The summed E-state index contributed by atoms with van der Waals surface area (Å²) < 4.78 is 5.27. The molecule has 4 nitrogen and oxygen atoms in total. The maximum Gasteiger partial charge on any atom is 0.243 e. The Morgan fingerprint density at radius 3 is 2.94 bits per heavy atom. The van der Waals surface area contributed by atoms with Crippen LogP contribution in [-0.2, 0) is 0 Å². The van der Waals surface area contributed by atoms with Crippen molar-refractivity contribution in [2.75, 3.05) is 11.5 Å². The third-order valence-corrected chi connectivity index (χ3v) is 5.90. The van der Waals surface area contributed by atoms with Crippen molar-refractivity contribution in [3.05, 3.63) is 11.7 Å². The van der Waals surface area contributed by atoms with Crippen molar-refractivity contribution in [2.45, 2.75) is 43.2 Å². The molecule has 0 radical (unpaired) electrons. The molecule has 1 aliphatic rings. The van der Waals surface area contributed by atoms with E-state index in [2.05, 4.69) is 24.0 Å². The molecule has 2 unspecified atom stereocenters. The first-order valence-corrected chi connectivity index (χ1v) is 8.14. The van der Waals surface area contributed by atoms with E-state index in [0.29, 0.717) is 16.4 Å². The molecule has 1 aliphatic heterocycles. The van der Waals surface area contributed by atoms with Gasteiger partial charge >= 0.3 is 0 Å². The van der Waals surface area contributed by atoms with E-state index in [1.807, 2.05) is 23.5 Å². The van der Waals surface area contributed by atoms with Crippen molar-refractivity contribution in [1.29, 1.82) is 0 Å². The van der Waals surface area contributed by atoms with Gasteiger partial charge in [-0.2, -0.15) is 16.7 Å². The molecule has 0 amide bonds. The monoisotopic (exact) mass is 273 g/mol. The van der Waals surface area contributed by atoms with Crippen molar-refractivity contribution in [1.82, 2.24) is 10.1 Å². The highest BCUT2D eigenvalue weighted by Gasteiger charge is 2.29. The standard InChI is InChI=1S/C11H19N3OS2/c1-3-4-8(12)11-13-10(14-15-11)9-7(2)16-5-6-17-9/h7-9H,3-6,12H2,1-2H3/t7?,8-,9?/m0/s1. The number of hydrogen-bond acceptors (Lipinski definition) is 6. The Morgan fingerprint density at radius 1 is 1.47 bits per heavy atom. The zero-order valence-electron chi connectivity index (χ0n) is 10.3. The molecule has 3 atom stereocenters. The average molecular weight is 273 g/mol. The molecule has 1 aromatic rings. The summed E-state index contributed by atoms with van der Waals surface area (Å²) in [5.41, 5.74) is 5.97. The third-order valence-electron chi connectivity index (χ3n) is 2.82. The van der Waals surface area contributed by atoms with Gasteiger partial charge in [-0.15, -0.1) is 11.8 Å². The van der Waals surface area contributed by atoms with Crippen molar-refractivity contribution >= 4 is 23.5 Å². The summed E-state index contributed by atoms with van der Waals surface area (Å²) in [5, 5.41) is 4.98. The predicted octanol–water partition coefficient (Wildman–Crippen LogP) is 2.78. The lowest BCUT2D eigenvalue weighted by molar-refractivity contribution is 0.344. The van der Waals surface area contributed by atoms with Crippen molar-refractivity contribution in [2.24, 2.45) is 5.73 Å². The van der Waals surface area contributed by atoms with Crippen LogP contribution >= 0.6 is 23.5 Å². The number of nitrogens with two attached hydrogens (primary N) is 1. The molecule has 0 aliphatic carbocycles.